The smallest absolute Gasteiger partial charge is 0.226 e. The van der Waals surface area contributed by atoms with Gasteiger partial charge in [-0.15, -0.1) is 0 Å². The van der Waals surface area contributed by atoms with E-state index in [-0.39, 0.29) is 11.8 Å². The Kier molecular flexibility index (Phi) is 6.72. The predicted molar refractivity (Wildman–Crippen MR) is 63.8 cm³/mol. The van der Waals surface area contributed by atoms with Crippen LogP contribution in [-0.4, -0.2) is 31.4 Å². The molecule has 2 amide bonds. The Morgan fingerprint density at radius 1 is 1.19 bits per heavy atom. The molecule has 16 heavy (non-hydrogen) atoms. The molecule has 5 heteroatoms. The van der Waals surface area contributed by atoms with Gasteiger partial charge in [-0.1, -0.05) is 6.92 Å². The third kappa shape index (κ3) is 5.70. The summed E-state index contributed by atoms with van der Waals surface area (Å²) in [5.41, 5.74) is 4.89. The first kappa shape index (κ1) is 14.9. The van der Waals surface area contributed by atoms with E-state index >= 15 is 0 Å². The number of nitrogens with one attached hydrogen (secondary N) is 2. The minimum Gasteiger partial charge on any atom is -0.356 e. The highest BCUT2D eigenvalue weighted by molar-refractivity contribution is 5.83. The molecule has 94 valence electrons. The number of hydrogen-bond acceptors (Lipinski definition) is 3. The van der Waals surface area contributed by atoms with Crippen LogP contribution in [0.2, 0.25) is 0 Å². The zero-order valence-electron chi connectivity index (χ0n) is 10.4. The molecule has 0 aromatic heterocycles. The van der Waals surface area contributed by atoms with E-state index in [9.17, 15) is 9.59 Å². The summed E-state index contributed by atoms with van der Waals surface area (Å²) >= 11 is 0. The van der Waals surface area contributed by atoms with Crippen LogP contribution in [0.1, 0.15) is 33.6 Å². The van der Waals surface area contributed by atoms with Crippen LogP contribution in [0.25, 0.3) is 0 Å². The molecule has 0 bridgehead atoms. The number of hydrogen-bond donors (Lipinski definition) is 3. The van der Waals surface area contributed by atoms with Crippen molar-refractivity contribution in [3.63, 3.8) is 0 Å². The summed E-state index contributed by atoms with van der Waals surface area (Å²) in [5.74, 6) is -0.147. The third-order valence-electron chi connectivity index (χ3n) is 2.33. The molecule has 0 atom stereocenters. The molecule has 0 unspecified atom stereocenters. The van der Waals surface area contributed by atoms with Crippen LogP contribution in [0.15, 0.2) is 0 Å². The minimum absolute atomic E-state index is 0.0345. The van der Waals surface area contributed by atoms with Crippen molar-refractivity contribution >= 4 is 11.8 Å². The Bertz CT molecular complexity index is 239. The lowest BCUT2D eigenvalue weighted by Gasteiger charge is -2.21. The number of amides is 2. The van der Waals surface area contributed by atoms with Crippen LogP contribution >= 0.6 is 0 Å². The largest absolute Gasteiger partial charge is 0.356 e. The molecule has 0 spiro atoms. The molecular formula is C11H23N3O2. The summed E-state index contributed by atoms with van der Waals surface area (Å²) in [5, 5.41) is 5.45. The van der Waals surface area contributed by atoms with Gasteiger partial charge in [0, 0.05) is 26.1 Å². The summed E-state index contributed by atoms with van der Waals surface area (Å²) in [6.45, 7) is 6.88. The third-order valence-corrected chi connectivity index (χ3v) is 2.33. The maximum atomic E-state index is 11.6. The van der Waals surface area contributed by atoms with Gasteiger partial charge in [0.1, 0.15) is 0 Å². The fraction of sp³-hybridized carbons (Fsp3) is 0.818. The Morgan fingerprint density at radius 2 is 1.81 bits per heavy atom. The van der Waals surface area contributed by atoms with Gasteiger partial charge in [-0.05, 0) is 20.3 Å². The van der Waals surface area contributed by atoms with Crippen LogP contribution in [-0.2, 0) is 9.59 Å². The minimum atomic E-state index is -0.570. The highest BCUT2D eigenvalue weighted by Gasteiger charge is 2.25. The van der Waals surface area contributed by atoms with Gasteiger partial charge in [-0.3, -0.25) is 9.59 Å². The second-order valence-corrected chi connectivity index (χ2v) is 4.44. The molecule has 0 saturated heterocycles. The van der Waals surface area contributed by atoms with E-state index in [4.69, 9.17) is 5.73 Å². The fourth-order valence-electron chi connectivity index (χ4n) is 0.974. The van der Waals surface area contributed by atoms with E-state index in [1.165, 1.54) is 0 Å². The van der Waals surface area contributed by atoms with Crippen LogP contribution in [0.3, 0.4) is 0 Å². The van der Waals surface area contributed by atoms with Crippen molar-refractivity contribution in [3.8, 4) is 0 Å². The van der Waals surface area contributed by atoms with Crippen molar-refractivity contribution in [2.75, 3.05) is 19.6 Å². The van der Waals surface area contributed by atoms with Gasteiger partial charge in [0.25, 0.3) is 0 Å². The lowest BCUT2D eigenvalue weighted by Crippen LogP contribution is -2.42. The first-order valence-corrected chi connectivity index (χ1v) is 5.69. The average Bonchev–Trinajstić information content (AvgIpc) is 2.26. The monoisotopic (exact) mass is 229 g/mol. The van der Waals surface area contributed by atoms with E-state index in [2.05, 4.69) is 10.6 Å². The van der Waals surface area contributed by atoms with Crippen LogP contribution in [0, 0.1) is 5.41 Å². The standard InChI is InChI=1S/C11H23N3O2/c1-4-6-13-9(15)5-7-14-10(16)11(2,3)8-12/h4-8,12H2,1-3H3,(H,13,15)(H,14,16). The average molecular weight is 229 g/mol. The first-order valence-electron chi connectivity index (χ1n) is 5.69. The molecule has 0 aliphatic carbocycles. The number of rotatable bonds is 7. The van der Waals surface area contributed by atoms with Gasteiger partial charge >= 0.3 is 0 Å². The zero-order chi connectivity index (χ0) is 12.6. The Hall–Kier alpha value is -1.10. The van der Waals surface area contributed by atoms with E-state index in [1.54, 1.807) is 13.8 Å². The number of nitrogens with two attached hydrogens (primary N) is 1. The summed E-state index contributed by atoms with van der Waals surface area (Å²) in [6.07, 6.45) is 1.23. The second-order valence-electron chi connectivity index (χ2n) is 4.44. The van der Waals surface area contributed by atoms with Crippen LogP contribution in [0.4, 0.5) is 0 Å². The topological polar surface area (TPSA) is 84.2 Å². The van der Waals surface area contributed by atoms with Crippen LogP contribution < -0.4 is 16.4 Å². The van der Waals surface area contributed by atoms with E-state index < -0.39 is 5.41 Å². The Morgan fingerprint density at radius 3 is 2.31 bits per heavy atom. The molecule has 0 aromatic carbocycles. The van der Waals surface area contributed by atoms with E-state index in [0.29, 0.717) is 26.1 Å². The SMILES string of the molecule is CCCNC(=O)CCNC(=O)C(C)(C)CN. The molecule has 0 fully saturated rings. The molecule has 0 rings (SSSR count). The first-order chi connectivity index (χ1) is 7.44. The van der Waals surface area contributed by atoms with Gasteiger partial charge in [0.2, 0.25) is 11.8 Å². The molecule has 0 aromatic rings. The summed E-state index contributed by atoms with van der Waals surface area (Å²) in [7, 11) is 0. The molecule has 0 heterocycles. The van der Waals surface area contributed by atoms with E-state index in [1.807, 2.05) is 6.92 Å². The Balaban J connectivity index is 3.74. The van der Waals surface area contributed by atoms with Gasteiger partial charge in [-0.25, -0.2) is 0 Å². The molecule has 0 aliphatic heterocycles. The summed E-state index contributed by atoms with van der Waals surface area (Å²) in [6, 6.07) is 0. The van der Waals surface area contributed by atoms with Crippen molar-refractivity contribution in [2.24, 2.45) is 11.1 Å². The molecule has 0 radical (unpaired) electrons. The van der Waals surface area contributed by atoms with Crippen molar-refractivity contribution in [3.05, 3.63) is 0 Å². The fourth-order valence-corrected chi connectivity index (χ4v) is 0.974. The zero-order valence-corrected chi connectivity index (χ0v) is 10.4. The lowest BCUT2D eigenvalue weighted by atomic mass is 9.93. The van der Waals surface area contributed by atoms with Gasteiger partial charge < -0.3 is 16.4 Å². The summed E-state index contributed by atoms with van der Waals surface area (Å²) in [4.78, 5) is 22.8. The van der Waals surface area contributed by atoms with Crippen molar-refractivity contribution in [1.29, 1.82) is 0 Å². The normalized spacial score (nSPS) is 11.0. The quantitative estimate of drug-likeness (QED) is 0.574. The van der Waals surface area contributed by atoms with Gasteiger partial charge in [0.05, 0.1) is 5.41 Å². The molecule has 0 saturated carbocycles. The highest BCUT2D eigenvalue weighted by Crippen LogP contribution is 2.11. The highest BCUT2D eigenvalue weighted by atomic mass is 16.2. The Labute approximate surface area is 97.2 Å². The van der Waals surface area contributed by atoms with Crippen molar-refractivity contribution in [2.45, 2.75) is 33.6 Å². The molecular weight excluding hydrogens is 206 g/mol. The molecule has 5 nitrogen and oxygen atoms in total. The van der Waals surface area contributed by atoms with E-state index in [0.717, 1.165) is 6.42 Å². The second kappa shape index (κ2) is 7.22. The van der Waals surface area contributed by atoms with Gasteiger partial charge in [-0.2, -0.15) is 0 Å². The lowest BCUT2D eigenvalue weighted by molar-refractivity contribution is -0.129. The van der Waals surface area contributed by atoms with Crippen molar-refractivity contribution in [1.82, 2.24) is 10.6 Å². The predicted octanol–water partition coefficient (Wildman–Crippen LogP) is 0.00380. The maximum absolute atomic E-state index is 11.6. The van der Waals surface area contributed by atoms with Gasteiger partial charge in [0.15, 0.2) is 0 Å². The van der Waals surface area contributed by atoms with Crippen LogP contribution in [0.5, 0.6) is 0 Å². The van der Waals surface area contributed by atoms with Crippen molar-refractivity contribution < 1.29 is 9.59 Å². The molecule has 0 aliphatic rings. The summed E-state index contributed by atoms with van der Waals surface area (Å²) < 4.78 is 0. The number of carbonyl (C=O) groups excluding carboxylic acids is 2. The molecule has 4 N–H and O–H groups in total. The number of carbonyl (C=O) groups is 2. The maximum Gasteiger partial charge on any atom is 0.226 e.